The van der Waals surface area contributed by atoms with Gasteiger partial charge in [0.2, 0.25) is 0 Å². The normalized spacial score (nSPS) is 15.0. The third kappa shape index (κ3) is 9.17. The molecular weight excluding hydrogens is 198 g/mol. The molecule has 2 nitrogen and oxygen atoms in total. The summed E-state index contributed by atoms with van der Waals surface area (Å²) < 4.78 is 5.80. The number of hydrogen-bond acceptors (Lipinski definition) is 2. The second-order valence-electron chi connectivity index (χ2n) is 4.69. The second-order valence-corrected chi connectivity index (χ2v) is 4.69. The highest BCUT2D eigenvalue weighted by molar-refractivity contribution is 4.66. The van der Waals surface area contributed by atoms with E-state index in [-0.39, 0.29) is 0 Å². The molecule has 0 rings (SSSR count). The number of rotatable bonds is 11. The molecule has 2 unspecified atom stereocenters. The molecule has 1 N–H and O–H groups in total. The minimum Gasteiger partial charge on any atom is -0.377 e. The third-order valence-electron chi connectivity index (χ3n) is 3.11. The fraction of sp³-hybridized carbons (Fsp3) is 1.00. The molecule has 0 saturated carbocycles. The Morgan fingerprint density at radius 2 is 1.56 bits per heavy atom. The van der Waals surface area contributed by atoms with Crippen LogP contribution in [0.3, 0.4) is 0 Å². The van der Waals surface area contributed by atoms with Crippen molar-refractivity contribution < 1.29 is 4.74 Å². The number of likely N-dealkylation sites (N-methyl/N-ethyl adjacent to an activating group) is 1. The van der Waals surface area contributed by atoms with Crippen LogP contribution >= 0.6 is 0 Å². The molecule has 0 radical (unpaired) electrons. The Hall–Kier alpha value is -0.0800. The zero-order valence-electron chi connectivity index (χ0n) is 11.7. The fourth-order valence-corrected chi connectivity index (χ4v) is 1.78. The summed E-state index contributed by atoms with van der Waals surface area (Å²) in [5.74, 6) is 0. The van der Waals surface area contributed by atoms with Crippen molar-refractivity contribution in [1.82, 2.24) is 5.32 Å². The third-order valence-corrected chi connectivity index (χ3v) is 3.11. The first-order valence-corrected chi connectivity index (χ1v) is 7.07. The van der Waals surface area contributed by atoms with Crippen molar-refractivity contribution in [1.29, 1.82) is 0 Å². The summed E-state index contributed by atoms with van der Waals surface area (Å²) in [5.41, 5.74) is 0. The number of nitrogens with one attached hydrogen (secondary N) is 1. The van der Waals surface area contributed by atoms with Crippen molar-refractivity contribution in [2.75, 3.05) is 13.2 Å². The summed E-state index contributed by atoms with van der Waals surface area (Å²) >= 11 is 0. The molecule has 0 aliphatic rings. The summed E-state index contributed by atoms with van der Waals surface area (Å²) in [6.45, 7) is 10.7. The Balaban J connectivity index is 3.23. The maximum atomic E-state index is 5.80. The molecule has 0 spiro atoms. The van der Waals surface area contributed by atoms with Gasteiger partial charge in [-0.25, -0.2) is 0 Å². The largest absolute Gasteiger partial charge is 0.377 e. The van der Waals surface area contributed by atoms with E-state index in [0.29, 0.717) is 12.1 Å². The molecule has 0 heterocycles. The molecule has 0 amide bonds. The van der Waals surface area contributed by atoms with Gasteiger partial charge in [-0.1, -0.05) is 46.0 Å². The summed E-state index contributed by atoms with van der Waals surface area (Å²) in [6.07, 6.45) is 8.34. The molecular formula is C14H31NO. The van der Waals surface area contributed by atoms with Crippen LogP contribution in [0.15, 0.2) is 0 Å². The molecule has 2 heteroatoms. The zero-order valence-corrected chi connectivity index (χ0v) is 11.7. The SMILES string of the molecule is CCCCCCCCOC(C)C(C)NCC. The first-order valence-electron chi connectivity index (χ1n) is 7.07. The second kappa shape index (κ2) is 11.4. The molecule has 0 bridgehead atoms. The lowest BCUT2D eigenvalue weighted by Crippen LogP contribution is -2.37. The number of hydrogen-bond donors (Lipinski definition) is 1. The van der Waals surface area contributed by atoms with Gasteiger partial charge in [0.1, 0.15) is 0 Å². The van der Waals surface area contributed by atoms with Gasteiger partial charge in [-0.15, -0.1) is 0 Å². The average Bonchev–Trinajstić information content (AvgIpc) is 2.28. The van der Waals surface area contributed by atoms with E-state index in [1.54, 1.807) is 0 Å². The van der Waals surface area contributed by atoms with E-state index in [9.17, 15) is 0 Å². The maximum Gasteiger partial charge on any atom is 0.0697 e. The van der Waals surface area contributed by atoms with Crippen LogP contribution in [0.4, 0.5) is 0 Å². The first kappa shape index (κ1) is 15.9. The van der Waals surface area contributed by atoms with Crippen LogP contribution in [0.5, 0.6) is 0 Å². The van der Waals surface area contributed by atoms with Crippen molar-refractivity contribution in [3.05, 3.63) is 0 Å². The zero-order chi connectivity index (χ0) is 12.2. The van der Waals surface area contributed by atoms with Gasteiger partial charge in [0.15, 0.2) is 0 Å². The van der Waals surface area contributed by atoms with Crippen LogP contribution < -0.4 is 5.32 Å². The molecule has 98 valence electrons. The van der Waals surface area contributed by atoms with Crippen LogP contribution in [-0.2, 0) is 4.74 Å². The van der Waals surface area contributed by atoms with Gasteiger partial charge >= 0.3 is 0 Å². The highest BCUT2D eigenvalue weighted by atomic mass is 16.5. The molecule has 16 heavy (non-hydrogen) atoms. The van der Waals surface area contributed by atoms with Crippen LogP contribution in [0.2, 0.25) is 0 Å². The maximum absolute atomic E-state index is 5.80. The summed E-state index contributed by atoms with van der Waals surface area (Å²) in [7, 11) is 0. The first-order chi connectivity index (χ1) is 7.72. The van der Waals surface area contributed by atoms with E-state index in [4.69, 9.17) is 4.74 Å². The van der Waals surface area contributed by atoms with E-state index in [0.717, 1.165) is 13.2 Å². The van der Waals surface area contributed by atoms with Crippen LogP contribution in [0, 0.1) is 0 Å². The standard InChI is InChI=1S/C14H31NO/c1-5-7-8-9-10-11-12-16-14(4)13(3)15-6-2/h13-15H,5-12H2,1-4H3. The van der Waals surface area contributed by atoms with Gasteiger partial charge in [0.05, 0.1) is 6.10 Å². The van der Waals surface area contributed by atoms with Crippen LogP contribution in [-0.4, -0.2) is 25.3 Å². The molecule has 0 aromatic rings. The predicted octanol–water partition coefficient (Wildman–Crippen LogP) is 3.75. The molecule has 2 atom stereocenters. The van der Waals surface area contributed by atoms with Gasteiger partial charge in [-0.2, -0.15) is 0 Å². The summed E-state index contributed by atoms with van der Waals surface area (Å²) in [4.78, 5) is 0. The lowest BCUT2D eigenvalue weighted by molar-refractivity contribution is 0.0413. The summed E-state index contributed by atoms with van der Waals surface area (Å²) in [6, 6.07) is 0.463. The molecule has 0 aromatic heterocycles. The number of ether oxygens (including phenoxy) is 1. The van der Waals surface area contributed by atoms with Crippen molar-refractivity contribution >= 4 is 0 Å². The van der Waals surface area contributed by atoms with Gasteiger partial charge in [-0.3, -0.25) is 0 Å². The molecule has 0 fully saturated rings. The lowest BCUT2D eigenvalue weighted by Gasteiger charge is -2.21. The van der Waals surface area contributed by atoms with Crippen LogP contribution in [0.1, 0.15) is 66.2 Å². The van der Waals surface area contributed by atoms with E-state index in [1.807, 2.05) is 0 Å². The van der Waals surface area contributed by atoms with Gasteiger partial charge < -0.3 is 10.1 Å². The Bertz CT molecular complexity index is 139. The van der Waals surface area contributed by atoms with Crippen molar-refractivity contribution in [3.8, 4) is 0 Å². The Labute approximate surface area is 102 Å². The molecule has 0 aromatic carbocycles. The Morgan fingerprint density at radius 3 is 2.19 bits per heavy atom. The quantitative estimate of drug-likeness (QED) is 0.545. The molecule has 0 saturated heterocycles. The Kier molecular flexibility index (Phi) is 11.3. The van der Waals surface area contributed by atoms with E-state index >= 15 is 0 Å². The van der Waals surface area contributed by atoms with Gasteiger partial charge in [0.25, 0.3) is 0 Å². The molecule has 0 aliphatic heterocycles. The van der Waals surface area contributed by atoms with Crippen molar-refractivity contribution in [2.24, 2.45) is 0 Å². The number of unbranched alkanes of at least 4 members (excludes halogenated alkanes) is 5. The predicted molar refractivity (Wildman–Crippen MR) is 71.9 cm³/mol. The Morgan fingerprint density at radius 1 is 0.938 bits per heavy atom. The summed E-state index contributed by atoms with van der Waals surface area (Å²) in [5, 5.41) is 3.39. The highest BCUT2D eigenvalue weighted by Crippen LogP contribution is 2.06. The monoisotopic (exact) mass is 229 g/mol. The lowest BCUT2D eigenvalue weighted by atomic mass is 10.1. The van der Waals surface area contributed by atoms with E-state index in [1.165, 1.54) is 38.5 Å². The van der Waals surface area contributed by atoms with Crippen molar-refractivity contribution in [2.45, 2.75) is 78.4 Å². The van der Waals surface area contributed by atoms with Gasteiger partial charge in [-0.05, 0) is 26.8 Å². The fourth-order valence-electron chi connectivity index (χ4n) is 1.78. The smallest absolute Gasteiger partial charge is 0.0697 e. The minimum atomic E-state index is 0.329. The van der Waals surface area contributed by atoms with E-state index in [2.05, 4.69) is 33.0 Å². The minimum absolute atomic E-state index is 0.329. The van der Waals surface area contributed by atoms with Crippen LogP contribution in [0.25, 0.3) is 0 Å². The van der Waals surface area contributed by atoms with Crippen molar-refractivity contribution in [3.63, 3.8) is 0 Å². The van der Waals surface area contributed by atoms with Gasteiger partial charge in [0, 0.05) is 12.6 Å². The molecule has 0 aliphatic carbocycles. The topological polar surface area (TPSA) is 21.3 Å². The highest BCUT2D eigenvalue weighted by Gasteiger charge is 2.10. The van der Waals surface area contributed by atoms with E-state index < -0.39 is 0 Å². The average molecular weight is 229 g/mol.